The number of piperazine rings is 1. The van der Waals surface area contributed by atoms with Crippen LogP contribution in [-0.4, -0.2) is 74.4 Å². The fraction of sp³-hybridized carbons (Fsp3) is 0.469. The smallest absolute Gasteiger partial charge is 0.317 e. The number of rotatable bonds is 14. The second-order valence-electron chi connectivity index (χ2n) is 10.8. The molecule has 0 atom stereocenters. The van der Waals surface area contributed by atoms with Gasteiger partial charge in [-0.05, 0) is 35.6 Å². The van der Waals surface area contributed by atoms with E-state index in [4.69, 9.17) is 0 Å². The Bertz CT molecular complexity index is 1350. The van der Waals surface area contributed by atoms with Gasteiger partial charge in [0.05, 0.1) is 4.90 Å². The molecule has 2 amide bonds. The zero-order chi connectivity index (χ0) is 29.1. The first-order valence-electron chi connectivity index (χ1n) is 14.9. The van der Waals surface area contributed by atoms with E-state index in [1.165, 1.54) is 37.8 Å². The van der Waals surface area contributed by atoms with Crippen LogP contribution in [0.2, 0.25) is 0 Å². The lowest BCUT2D eigenvalue weighted by Gasteiger charge is -2.35. The Morgan fingerprint density at radius 1 is 0.878 bits per heavy atom. The van der Waals surface area contributed by atoms with Crippen molar-refractivity contribution < 1.29 is 17.6 Å². The lowest BCUT2D eigenvalue weighted by molar-refractivity contribution is 0.156. The molecule has 0 saturated carbocycles. The molecular formula is C32H43FN4O3S. The van der Waals surface area contributed by atoms with Crippen LogP contribution in [0.3, 0.4) is 0 Å². The highest BCUT2D eigenvalue weighted by molar-refractivity contribution is 7.89. The number of amides is 2. The number of sulfonamides is 1. The molecular weight excluding hydrogens is 539 g/mol. The van der Waals surface area contributed by atoms with Gasteiger partial charge in [-0.3, -0.25) is 4.90 Å². The zero-order valence-electron chi connectivity index (χ0n) is 24.1. The quantitative estimate of drug-likeness (QED) is 0.242. The zero-order valence-corrected chi connectivity index (χ0v) is 24.9. The number of nitrogens with one attached hydrogen (secondary N) is 1. The molecule has 1 aliphatic heterocycles. The van der Waals surface area contributed by atoms with Crippen LogP contribution in [0.1, 0.15) is 51.0 Å². The average Bonchev–Trinajstić information content (AvgIpc) is 2.99. The Labute approximate surface area is 244 Å². The number of nitrogens with zero attached hydrogens (tertiary/aromatic N) is 3. The van der Waals surface area contributed by atoms with E-state index in [2.05, 4.69) is 17.1 Å². The maximum Gasteiger partial charge on any atom is 0.317 e. The first kappa shape index (κ1) is 30.9. The first-order valence-corrected chi connectivity index (χ1v) is 16.3. The second kappa shape index (κ2) is 15.3. The molecule has 1 fully saturated rings. The molecule has 0 aliphatic carbocycles. The standard InChI is InChI=1S/C32H43FN4O3S/c1-2-3-4-5-6-9-19-34-32(38)36(26-27-15-17-29(33)18-16-27)23-20-35-21-24-37(25-22-35)41(39,40)31-14-10-12-28-11-7-8-13-30(28)31/h7-8,10-18H,2-6,9,19-26H2,1H3,(H,34,38). The normalized spacial score (nSPS) is 14.8. The maximum absolute atomic E-state index is 13.5. The predicted octanol–water partition coefficient (Wildman–Crippen LogP) is 5.86. The van der Waals surface area contributed by atoms with Crippen LogP contribution in [0.25, 0.3) is 10.8 Å². The highest BCUT2D eigenvalue weighted by atomic mass is 32.2. The molecule has 0 bridgehead atoms. The van der Waals surface area contributed by atoms with Gasteiger partial charge in [-0.2, -0.15) is 4.31 Å². The van der Waals surface area contributed by atoms with Crippen molar-refractivity contribution in [2.24, 2.45) is 0 Å². The molecule has 0 radical (unpaired) electrons. The molecule has 0 spiro atoms. The molecule has 7 nitrogen and oxygen atoms in total. The van der Waals surface area contributed by atoms with Gasteiger partial charge < -0.3 is 10.2 Å². The highest BCUT2D eigenvalue weighted by Crippen LogP contribution is 2.26. The summed E-state index contributed by atoms with van der Waals surface area (Å²) in [6.07, 6.45) is 6.94. The highest BCUT2D eigenvalue weighted by Gasteiger charge is 2.30. The number of unbranched alkanes of at least 4 members (excludes halogenated alkanes) is 5. The Morgan fingerprint density at radius 3 is 2.32 bits per heavy atom. The number of hydrogen-bond donors (Lipinski definition) is 1. The first-order chi connectivity index (χ1) is 19.9. The van der Waals surface area contributed by atoms with Gasteiger partial charge in [-0.1, -0.05) is 87.6 Å². The SMILES string of the molecule is CCCCCCCCNC(=O)N(CCN1CCN(S(=O)(=O)c2cccc3ccccc23)CC1)Cc1ccc(F)cc1. The van der Waals surface area contributed by atoms with E-state index < -0.39 is 10.0 Å². The van der Waals surface area contributed by atoms with Crippen molar-refractivity contribution in [3.05, 3.63) is 78.1 Å². The fourth-order valence-electron chi connectivity index (χ4n) is 5.29. The Kier molecular flexibility index (Phi) is 11.5. The van der Waals surface area contributed by atoms with Crippen molar-refractivity contribution >= 4 is 26.8 Å². The molecule has 4 rings (SSSR count). The Hall–Kier alpha value is -3.01. The Morgan fingerprint density at radius 2 is 1.56 bits per heavy atom. The molecule has 1 N–H and O–H groups in total. The van der Waals surface area contributed by atoms with Gasteiger partial charge in [0, 0.05) is 57.7 Å². The van der Waals surface area contributed by atoms with E-state index in [0.717, 1.165) is 29.2 Å². The number of urea groups is 1. The summed E-state index contributed by atoms with van der Waals surface area (Å²) in [5.41, 5.74) is 0.868. The van der Waals surface area contributed by atoms with Crippen molar-refractivity contribution in [3.8, 4) is 0 Å². The van der Waals surface area contributed by atoms with Gasteiger partial charge in [-0.15, -0.1) is 0 Å². The molecule has 1 saturated heterocycles. The summed E-state index contributed by atoms with van der Waals surface area (Å²) in [5.74, 6) is -0.302. The topological polar surface area (TPSA) is 73.0 Å². The van der Waals surface area contributed by atoms with Gasteiger partial charge >= 0.3 is 6.03 Å². The lowest BCUT2D eigenvalue weighted by atomic mass is 10.1. The predicted molar refractivity (Wildman–Crippen MR) is 163 cm³/mol. The van der Waals surface area contributed by atoms with Gasteiger partial charge in [-0.25, -0.2) is 17.6 Å². The number of benzene rings is 3. The summed E-state index contributed by atoms with van der Waals surface area (Å²) in [5, 5.41) is 4.70. The lowest BCUT2D eigenvalue weighted by Crippen LogP contribution is -2.51. The summed E-state index contributed by atoms with van der Waals surface area (Å²) < 4.78 is 42.0. The van der Waals surface area contributed by atoms with Crippen LogP contribution in [0, 0.1) is 5.82 Å². The molecule has 41 heavy (non-hydrogen) atoms. The van der Waals surface area contributed by atoms with E-state index in [1.54, 1.807) is 33.5 Å². The van der Waals surface area contributed by atoms with Crippen LogP contribution in [0.4, 0.5) is 9.18 Å². The van der Waals surface area contributed by atoms with E-state index >= 15 is 0 Å². The van der Waals surface area contributed by atoms with Crippen molar-refractivity contribution in [3.63, 3.8) is 0 Å². The molecule has 9 heteroatoms. The largest absolute Gasteiger partial charge is 0.338 e. The number of hydrogen-bond acceptors (Lipinski definition) is 4. The van der Waals surface area contributed by atoms with Crippen molar-refractivity contribution in [1.29, 1.82) is 0 Å². The van der Waals surface area contributed by atoms with Crippen molar-refractivity contribution in [2.45, 2.75) is 56.9 Å². The number of carbonyl (C=O) groups is 1. The van der Waals surface area contributed by atoms with Crippen molar-refractivity contribution in [2.75, 3.05) is 45.8 Å². The number of carbonyl (C=O) groups excluding carboxylic acids is 1. The van der Waals surface area contributed by atoms with E-state index in [9.17, 15) is 17.6 Å². The molecule has 3 aromatic carbocycles. The summed E-state index contributed by atoms with van der Waals surface area (Å²) in [6.45, 7) is 6.32. The van der Waals surface area contributed by atoms with Crippen LogP contribution < -0.4 is 5.32 Å². The van der Waals surface area contributed by atoms with Gasteiger partial charge in [0.25, 0.3) is 0 Å². The van der Waals surface area contributed by atoms with Gasteiger partial charge in [0.1, 0.15) is 5.82 Å². The van der Waals surface area contributed by atoms with E-state index in [1.807, 2.05) is 30.3 Å². The minimum atomic E-state index is -3.62. The summed E-state index contributed by atoms with van der Waals surface area (Å²) >= 11 is 0. The van der Waals surface area contributed by atoms with Crippen LogP contribution in [0.5, 0.6) is 0 Å². The molecule has 0 unspecified atom stereocenters. The number of halogens is 1. The van der Waals surface area contributed by atoms with Crippen LogP contribution in [0.15, 0.2) is 71.6 Å². The van der Waals surface area contributed by atoms with E-state index in [-0.39, 0.29) is 11.8 Å². The molecule has 1 aliphatic rings. The summed E-state index contributed by atoms with van der Waals surface area (Å²) in [4.78, 5) is 17.4. The van der Waals surface area contributed by atoms with Gasteiger partial charge in [0.15, 0.2) is 0 Å². The molecule has 1 heterocycles. The molecule has 222 valence electrons. The van der Waals surface area contributed by atoms with E-state index in [0.29, 0.717) is 57.3 Å². The number of fused-ring (bicyclic) bond motifs is 1. The summed E-state index contributed by atoms with van der Waals surface area (Å²) in [7, 11) is -3.62. The van der Waals surface area contributed by atoms with Crippen LogP contribution >= 0.6 is 0 Å². The van der Waals surface area contributed by atoms with Gasteiger partial charge in [0.2, 0.25) is 10.0 Å². The Balaban J connectivity index is 1.31. The fourth-order valence-corrected chi connectivity index (χ4v) is 6.93. The maximum atomic E-state index is 13.5. The third-order valence-electron chi connectivity index (χ3n) is 7.77. The minimum Gasteiger partial charge on any atom is -0.338 e. The third kappa shape index (κ3) is 8.74. The molecule has 3 aromatic rings. The summed E-state index contributed by atoms with van der Waals surface area (Å²) in [6, 6.07) is 19.1. The third-order valence-corrected chi connectivity index (χ3v) is 9.72. The molecule has 0 aromatic heterocycles. The minimum absolute atomic E-state index is 0.125. The van der Waals surface area contributed by atoms with Crippen LogP contribution in [-0.2, 0) is 16.6 Å². The monoisotopic (exact) mass is 582 g/mol. The average molecular weight is 583 g/mol. The second-order valence-corrected chi connectivity index (χ2v) is 12.7. The van der Waals surface area contributed by atoms with Crippen molar-refractivity contribution in [1.82, 2.24) is 19.4 Å².